The van der Waals surface area contributed by atoms with Crippen molar-refractivity contribution in [1.29, 1.82) is 0 Å². The molecule has 0 aliphatic carbocycles. The Morgan fingerprint density at radius 2 is 1.83 bits per heavy atom. The number of benzene rings is 1. The van der Waals surface area contributed by atoms with E-state index in [0.29, 0.717) is 0 Å². The van der Waals surface area contributed by atoms with Gasteiger partial charge in [0.05, 0.1) is 5.69 Å². The molecule has 0 atom stereocenters. The minimum Gasteiger partial charge on any atom is -0.288 e. The van der Waals surface area contributed by atoms with Crippen LogP contribution >= 0.6 is 0 Å². The van der Waals surface area contributed by atoms with Crippen molar-refractivity contribution in [3.8, 4) is 5.75 Å². The zero-order valence-electron chi connectivity index (χ0n) is 6.02. The first-order valence-electron chi connectivity index (χ1n) is 3.05. The first-order chi connectivity index (χ1) is 5.49. The second kappa shape index (κ2) is 3.00. The van der Waals surface area contributed by atoms with Crippen LogP contribution in [-0.4, -0.2) is 8.42 Å². The maximum Gasteiger partial charge on any atom is 0.296 e. The van der Waals surface area contributed by atoms with E-state index in [4.69, 9.17) is 0 Å². The molecule has 0 aromatic heterocycles. The number of anilines is 1. The molecule has 0 aliphatic heterocycles. The van der Waals surface area contributed by atoms with Crippen LogP contribution < -0.4 is 9.86 Å². The molecule has 0 spiro atoms. The largest absolute Gasteiger partial charge is 0.296 e. The molecule has 0 bridgehead atoms. The highest BCUT2D eigenvalue weighted by atomic mass is 32.2. The van der Waals surface area contributed by atoms with Crippen LogP contribution in [0.5, 0.6) is 5.75 Å². The lowest BCUT2D eigenvalue weighted by atomic mass is 10.3. The molecule has 1 aromatic carbocycles. The van der Waals surface area contributed by atoms with E-state index in [2.05, 4.69) is 5.14 Å². The third kappa shape index (κ3) is 2.40. The van der Waals surface area contributed by atoms with E-state index in [0.717, 1.165) is 0 Å². The molecular formula is C6H7N2O3S. The van der Waals surface area contributed by atoms with Crippen molar-refractivity contribution in [1.82, 2.24) is 0 Å². The maximum absolute atomic E-state index is 10.9. The van der Waals surface area contributed by atoms with E-state index < -0.39 is 16.0 Å². The molecule has 0 fully saturated rings. The fourth-order valence-electron chi connectivity index (χ4n) is 0.704. The van der Waals surface area contributed by atoms with Crippen molar-refractivity contribution >= 4 is 15.9 Å². The topological polar surface area (TPSA) is 92.1 Å². The zero-order chi connectivity index (χ0) is 9.19. The third-order valence-electron chi connectivity index (χ3n) is 1.14. The average Bonchev–Trinajstić information content (AvgIpc) is 1.91. The van der Waals surface area contributed by atoms with Crippen molar-refractivity contribution in [2.24, 2.45) is 5.14 Å². The number of hydrogen-bond donors (Lipinski definition) is 2. The SMILES string of the molecule is NS(=O)(=O)Nc1ccccc1[O]. The van der Waals surface area contributed by atoms with Gasteiger partial charge in [-0.05, 0) is 12.1 Å². The lowest BCUT2D eigenvalue weighted by molar-refractivity contribution is 0.357. The van der Waals surface area contributed by atoms with Gasteiger partial charge in [0.25, 0.3) is 10.2 Å². The van der Waals surface area contributed by atoms with Gasteiger partial charge in [0, 0.05) is 0 Å². The van der Waals surface area contributed by atoms with Crippen molar-refractivity contribution in [3.05, 3.63) is 24.3 Å². The predicted octanol–water partition coefficient (Wildman–Crippen LogP) is 0.446. The maximum atomic E-state index is 10.9. The summed E-state index contributed by atoms with van der Waals surface area (Å²) in [5, 5.41) is 15.6. The standard InChI is InChI=1S/C6H7N2O3S/c7-12(10,11)8-5-3-1-2-4-6(5)9/h1-4,8H,(H2,7,10,11). The molecule has 65 valence electrons. The van der Waals surface area contributed by atoms with Gasteiger partial charge in [-0.15, -0.1) is 0 Å². The van der Waals surface area contributed by atoms with Crippen LogP contribution in [0.1, 0.15) is 0 Å². The van der Waals surface area contributed by atoms with Crippen LogP contribution in [0.2, 0.25) is 0 Å². The summed E-state index contributed by atoms with van der Waals surface area (Å²) in [5.74, 6) is -0.411. The molecule has 5 nitrogen and oxygen atoms in total. The van der Waals surface area contributed by atoms with Crippen LogP contribution in [0.25, 0.3) is 0 Å². The van der Waals surface area contributed by atoms with Gasteiger partial charge >= 0.3 is 0 Å². The summed E-state index contributed by atoms with van der Waals surface area (Å²) >= 11 is 0. The number of nitrogens with one attached hydrogen (secondary N) is 1. The van der Waals surface area contributed by atoms with Gasteiger partial charge in [-0.1, -0.05) is 12.1 Å². The molecule has 1 rings (SSSR count). The Balaban J connectivity index is 2.98. The van der Waals surface area contributed by atoms with Crippen molar-refractivity contribution < 1.29 is 13.5 Å². The monoisotopic (exact) mass is 187 g/mol. The van der Waals surface area contributed by atoms with Crippen LogP contribution in [0.4, 0.5) is 5.69 Å². The van der Waals surface area contributed by atoms with Gasteiger partial charge < -0.3 is 0 Å². The Hall–Kier alpha value is -1.27. The first kappa shape index (κ1) is 8.82. The molecule has 6 heteroatoms. The minimum absolute atomic E-state index is 0.0417. The molecule has 0 unspecified atom stereocenters. The second-order valence-electron chi connectivity index (χ2n) is 2.14. The van der Waals surface area contributed by atoms with Gasteiger partial charge in [-0.3, -0.25) is 9.83 Å². The quantitative estimate of drug-likeness (QED) is 0.703. The fraction of sp³-hybridized carbons (Fsp3) is 0. The molecule has 0 heterocycles. The van der Waals surface area contributed by atoms with Crippen molar-refractivity contribution in [2.75, 3.05) is 4.72 Å². The minimum atomic E-state index is -3.85. The Morgan fingerprint density at radius 3 is 2.33 bits per heavy atom. The van der Waals surface area contributed by atoms with E-state index in [1.165, 1.54) is 24.3 Å². The average molecular weight is 187 g/mol. The summed E-state index contributed by atoms with van der Waals surface area (Å²) in [6.07, 6.45) is 0. The summed E-state index contributed by atoms with van der Waals surface area (Å²) in [6.45, 7) is 0. The smallest absolute Gasteiger partial charge is 0.288 e. The van der Waals surface area contributed by atoms with E-state index in [1.807, 2.05) is 4.72 Å². The predicted molar refractivity (Wildman–Crippen MR) is 43.3 cm³/mol. The van der Waals surface area contributed by atoms with E-state index in [9.17, 15) is 13.5 Å². The molecular weight excluding hydrogens is 180 g/mol. The summed E-state index contributed by atoms with van der Waals surface area (Å²) in [5.41, 5.74) is -0.0417. The molecule has 1 radical (unpaired) electrons. The van der Waals surface area contributed by atoms with Gasteiger partial charge in [-0.2, -0.15) is 8.42 Å². The van der Waals surface area contributed by atoms with E-state index in [-0.39, 0.29) is 5.69 Å². The number of nitrogens with two attached hydrogens (primary N) is 1. The lowest BCUT2D eigenvalue weighted by Crippen LogP contribution is -2.21. The third-order valence-corrected chi connectivity index (χ3v) is 1.64. The number of hydrogen-bond acceptors (Lipinski definition) is 2. The fourth-order valence-corrected chi connectivity index (χ4v) is 1.18. The highest BCUT2D eigenvalue weighted by Gasteiger charge is 2.06. The van der Waals surface area contributed by atoms with Gasteiger partial charge in [0.1, 0.15) is 0 Å². The summed E-state index contributed by atoms with van der Waals surface area (Å²) in [6, 6.07) is 5.63. The van der Waals surface area contributed by atoms with Gasteiger partial charge in [0.15, 0.2) is 0 Å². The summed E-state index contributed by atoms with van der Waals surface area (Å²) in [7, 11) is -3.85. The van der Waals surface area contributed by atoms with Crippen LogP contribution in [0.15, 0.2) is 24.3 Å². The van der Waals surface area contributed by atoms with Crippen molar-refractivity contribution in [3.63, 3.8) is 0 Å². The normalized spacial score (nSPS) is 11.1. The zero-order valence-corrected chi connectivity index (χ0v) is 6.84. The van der Waals surface area contributed by atoms with Gasteiger partial charge in [-0.25, -0.2) is 5.14 Å². The van der Waals surface area contributed by atoms with E-state index in [1.54, 1.807) is 0 Å². The number of rotatable bonds is 2. The first-order valence-corrected chi connectivity index (χ1v) is 4.60. The molecule has 1 aromatic rings. The molecule has 0 amide bonds. The van der Waals surface area contributed by atoms with Crippen LogP contribution in [-0.2, 0) is 15.3 Å². The Labute approximate surface area is 70.0 Å². The Morgan fingerprint density at radius 1 is 1.25 bits per heavy atom. The Kier molecular flexibility index (Phi) is 2.20. The van der Waals surface area contributed by atoms with E-state index >= 15 is 0 Å². The van der Waals surface area contributed by atoms with Crippen LogP contribution in [0, 0.1) is 0 Å². The highest BCUT2D eigenvalue weighted by molar-refractivity contribution is 7.90. The summed E-state index contributed by atoms with van der Waals surface area (Å²) < 4.78 is 22.8. The molecule has 3 N–H and O–H groups in total. The molecule has 0 aliphatic rings. The molecule has 12 heavy (non-hydrogen) atoms. The van der Waals surface area contributed by atoms with Crippen LogP contribution in [0.3, 0.4) is 0 Å². The molecule has 0 saturated heterocycles. The second-order valence-corrected chi connectivity index (χ2v) is 3.44. The Bertz CT molecular complexity index is 374. The van der Waals surface area contributed by atoms with Crippen molar-refractivity contribution in [2.45, 2.75) is 0 Å². The summed E-state index contributed by atoms with van der Waals surface area (Å²) in [4.78, 5) is 0. The molecule has 0 saturated carbocycles. The number of para-hydroxylation sites is 2. The van der Waals surface area contributed by atoms with Gasteiger partial charge in [0.2, 0.25) is 5.75 Å². The highest BCUT2D eigenvalue weighted by Crippen LogP contribution is 2.22. The lowest BCUT2D eigenvalue weighted by Gasteiger charge is -2.02.